The highest BCUT2D eigenvalue weighted by Gasteiger charge is 2.22. The lowest BCUT2D eigenvalue weighted by molar-refractivity contribution is 0.427. The van der Waals surface area contributed by atoms with Gasteiger partial charge in [-0.05, 0) is 29.6 Å². The van der Waals surface area contributed by atoms with Gasteiger partial charge in [0.15, 0.2) is 4.77 Å². The lowest BCUT2D eigenvalue weighted by Gasteiger charge is -2.22. The van der Waals surface area contributed by atoms with Gasteiger partial charge in [0, 0.05) is 11.3 Å². The van der Waals surface area contributed by atoms with Crippen LogP contribution in [0.1, 0.15) is 37.5 Å². The summed E-state index contributed by atoms with van der Waals surface area (Å²) < 4.78 is 2.88. The van der Waals surface area contributed by atoms with Gasteiger partial charge >= 0.3 is 0 Å². The number of aromatic amines is 1. The van der Waals surface area contributed by atoms with Crippen molar-refractivity contribution in [2.24, 2.45) is 5.92 Å². The van der Waals surface area contributed by atoms with E-state index in [1.807, 2.05) is 0 Å². The maximum atomic E-state index is 5.36. The van der Waals surface area contributed by atoms with E-state index in [2.05, 4.69) is 53.0 Å². The Morgan fingerprint density at radius 1 is 1.53 bits per heavy atom. The molecule has 0 saturated carbocycles. The van der Waals surface area contributed by atoms with Crippen LogP contribution in [-0.4, -0.2) is 14.8 Å². The molecule has 0 saturated heterocycles. The zero-order chi connectivity index (χ0) is 12.4. The molecule has 0 aliphatic heterocycles. The first-order chi connectivity index (χ1) is 8.15. The first-order valence-electron chi connectivity index (χ1n) is 5.84. The Morgan fingerprint density at radius 2 is 2.29 bits per heavy atom. The largest absolute Gasteiger partial charge is 0.295 e. The standard InChI is InChI=1S/C12H17N3S2/c1-4-10-13-14-12(16)15(10)11(8(2)3)9-6-5-7-17-9/h5-8,11H,4H2,1-3H3,(H,14,16). The normalized spacial score (nSPS) is 13.2. The monoisotopic (exact) mass is 267 g/mol. The van der Waals surface area contributed by atoms with Crippen molar-refractivity contribution >= 4 is 23.6 Å². The molecule has 2 aromatic rings. The van der Waals surface area contributed by atoms with E-state index in [1.54, 1.807) is 11.3 Å². The second kappa shape index (κ2) is 5.14. The second-order valence-electron chi connectivity index (χ2n) is 4.37. The van der Waals surface area contributed by atoms with E-state index in [4.69, 9.17) is 12.2 Å². The SMILES string of the molecule is CCc1n[nH]c(=S)n1C(c1cccs1)C(C)C. The molecule has 0 aliphatic carbocycles. The summed E-state index contributed by atoms with van der Waals surface area (Å²) in [4.78, 5) is 1.34. The Hall–Kier alpha value is -0.940. The van der Waals surface area contributed by atoms with Gasteiger partial charge < -0.3 is 0 Å². The van der Waals surface area contributed by atoms with Crippen molar-refractivity contribution in [1.82, 2.24) is 14.8 Å². The highest BCUT2D eigenvalue weighted by Crippen LogP contribution is 2.31. The van der Waals surface area contributed by atoms with Crippen LogP contribution >= 0.6 is 23.6 Å². The van der Waals surface area contributed by atoms with E-state index in [0.717, 1.165) is 12.2 Å². The molecule has 0 bridgehead atoms. The van der Waals surface area contributed by atoms with E-state index < -0.39 is 0 Å². The number of hydrogen-bond acceptors (Lipinski definition) is 3. The molecule has 0 spiro atoms. The van der Waals surface area contributed by atoms with Crippen LogP contribution in [0.4, 0.5) is 0 Å². The summed E-state index contributed by atoms with van der Waals surface area (Å²) in [5.41, 5.74) is 0. The Labute approximate surface area is 111 Å². The average molecular weight is 267 g/mol. The molecule has 5 heteroatoms. The van der Waals surface area contributed by atoms with E-state index in [1.165, 1.54) is 4.88 Å². The Kier molecular flexibility index (Phi) is 3.79. The fraction of sp³-hybridized carbons (Fsp3) is 0.500. The molecular formula is C12H17N3S2. The minimum absolute atomic E-state index is 0.288. The number of nitrogens with one attached hydrogen (secondary N) is 1. The van der Waals surface area contributed by atoms with E-state index in [0.29, 0.717) is 10.7 Å². The van der Waals surface area contributed by atoms with Crippen LogP contribution < -0.4 is 0 Å². The number of aromatic nitrogens is 3. The fourth-order valence-corrected chi connectivity index (χ4v) is 3.34. The lowest BCUT2D eigenvalue weighted by Crippen LogP contribution is -2.18. The van der Waals surface area contributed by atoms with Crippen LogP contribution in [0.5, 0.6) is 0 Å². The highest BCUT2D eigenvalue weighted by atomic mass is 32.1. The van der Waals surface area contributed by atoms with Crippen molar-refractivity contribution in [3.8, 4) is 0 Å². The topological polar surface area (TPSA) is 33.6 Å². The first-order valence-corrected chi connectivity index (χ1v) is 7.13. The number of thiophene rings is 1. The zero-order valence-electron chi connectivity index (χ0n) is 10.3. The first kappa shape index (κ1) is 12.5. The number of rotatable bonds is 4. The molecule has 0 radical (unpaired) electrons. The predicted molar refractivity (Wildman–Crippen MR) is 74.1 cm³/mol. The molecule has 0 aromatic carbocycles. The Balaban J connectivity index is 2.54. The van der Waals surface area contributed by atoms with E-state index in [9.17, 15) is 0 Å². The lowest BCUT2D eigenvalue weighted by atomic mass is 10.0. The summed E-state index contributed by atoms with van der Waals surface area (Å²) in [7, 11) is 0. The van der Waals surface area contributed by atoms with Crippen LogP contribution in [0.15, 0.2) is 17.5 Å². The molecule has 0 aliphatic rings. The van der Waals surface area contributed by atoms with Gasteiger partial charge in [-0.3, -0.25) is 9.67 Å². The maximum absolute atomic E-state index is 5.36. The number of nitrogens with zero attached hydrogens (tertiary/aromatic N) is 2. The van der Waals surface area contributed by atoms with Crippen molar-refractivity contribution < 1.29 is 0 Å². The molecule has 2 heterocycles. The molecule has 1 atom stereocenters. The Morgan fingerprint density at radius 3 is 2.82 bits per heavy atom. The van der Waals surface area contributed by atoms with Crippen LogP contribution in [0, 0.1) is 10.7 Å². The van der Waals surface area contributed by atoms with Gasteiger partial charge in [-0.2, -0.15) is 5.10 Å². The molecule has 3 nitrogen and oxygen atoms in total. The van der Waals surface area contributed by atoms with Crippen molar-refractivity contribution in [3.05, 3.63) is 33.0 Å². The summed E-state index contributed by atoms with van der Waals surface area (Å²) >= 11 is 7.13. The maximum Gasteiger partial charge on any atom is 0.195 e. The molecule has 2 rings (SSSR count). The summed E-state index contributed by atoms with van der Waals surface area (Å²) in [5.74, 6) is 1.52. The number of H-pyrrole nitrogens is 1. The number of aryl methyl sites for hydroxylation is 1. The van der Waals surface area contributed by atoms with Gasteiger partial charge in [-0.1, -0.05) is 26.8 Å². The van der Waals surface area contributed by atoms with Crippen molar-refractivity contribution in [3.63, 3.8) is 0 Å². The average Bonchev–Trinajstić information content (AvgIpc) is 2.90. The van der Waals surface area contributed by atoms with Crippen molar-refractivity contribution in [2.45, 2.75) is 33.2 Å². The predicted octanol–water partition coefficient (Wildman–Crippen LogP) is 3.81. The summed E-state index contributed by atoms with van der Waals surface area (Å²) in [6.45, 7) is 6.55. The Bertz CT molecular complexity index is 522. The third-order valence-electron chi connectivity index (χ3n) is 2.84. The minimum Gasteiger partial charge on any atom is -0.295 e. The molecule has 17 heavy (non-hydrogen) atoms. The van der Waals surface area contributed by atoms with Crippen LogP contribution in [0.2, 0.25) is 0 Å². The highest BCUT2D eigenvalue weighted by molar-refractivity contribution is 7.71. The summed E-state index contributed by atoms with van der Waals surface area (Å²) in [6, 6.07) is 4.55. The third kappa shape index (κ3) is 2.35. The second-order valence-corrected chi connectivity index (χ2v) is 5.74. The molecule has 92 valence electrons. The van der Waals surface area contributed by atoms with Gasteiger partial charge in [0.2, 0.25) is 0 Å². The van der Waals surface area contributed by atoms with Gasteiger partial charge in [-0.25, -0.2) is 0 Å². The van der Waals surface area contributed by atoms with Gasteiger partial charge in [0.05, 0.1) is 6.04 Å². The van der Waals surface area contributed by atoms with Crippen LogP contribution in [-0.2, 0) is 6.42 Å². The molecule has 1 unspecified atom stereocenters. The molecule has 2 aromatic heterocycles. The van der Waals surface area contributed by atoms with E-state index >= 15 is 0 Å². The van der Waals surface area contributed by atoms with Crippen molar-refractivity contribution in [2.75, 3.05) is 0 Å². The quantitative estimate of drug-likeness (QED) is 0.855. The molecule has 0 amide bonds. The molecule has 1 N–H and O–H groups in total. The van der Waals surface area contributed by atoms with Crippen LogP contribution in [0.3, 0.4) is 0 Å². The summed E-state index contributed by atoms with van der Waals surface area (Å²) in [5, 5.41) is 9.31. The van der Waals surface area contributed by atoms with Crippen LogP contribution in [0.25, 0.3) is 0 Å². The molecular weight excluding hydrogens is 250 g/mol. The van der Waals surface area contributed by atoms with Gasteiger partial charge in [-0.15, -0.1) is 11.3 Å². The zero-order valence-corrected chi connectivity index (χ0v) is 11.9. The number of hydrogen-bond donors (Lipinski definition) is 1. The van der Waals surface area contributed by atoms with Gasteiger partial charge in [0.1, 0.15) is 5.82 Å². The van der Waals surface area contributed by atoms with Crippen molar-refractivity contribution in [1.29, 1.82) is 0 Å². The van der Waals surface area contributed by atoms with E-state index in [-0.39, 0.29) is 6.04 Å². The smallest absolute Gasteiger partial charge is 0.195 e. The summed E-state index contributed by atoms with van der Waals surface area (Å²) in [6.07, 6.45) is 0.891. The van der Waals surface area contributed by atoms with Gasteiger partial charge in [0.25, 0.3) is 0 Å². The minimum atomic E-state index is 0.288. The molecule has 0 fully saturated rings. The third-order valence-corrected chi connectivity index (χ3v) is 4.07. The fourth-order valence-electron chi connectivity index (χ4n) is 2.09.